The molecule has 42 heavy (non-hydrogen) atoms. The maximum absolute atomic E-state index is 5.84. The van der Waals surface area contributed by atoms with Gasteiger partial charge in [0.25, 0.3) is 0 Å². The Kier molecular flexibility index (Phi) is 43.0. The molecule has 2 aromatic carbocycles. The second-order valence-electron chi connectivity index (χ2n) is 6.71. The molecular weight excluding hydrogens is 590 g/mol. The van der Waals surface area contributed by atoms with Gasteiger partial charge in [0, 0.05) is 16.8 Å². The molecule has 0 spiro atoms. The van der Waals surface area contributed by atoms with E-state index in [9.17, 15) is 0 Å². The average molecular weight is 649 g/mol. The van der Waals surface area contributed by atoms with E-state index < -0.39 is 5.54 Å². The van der Waals surface area contributed by atoms with Crippen LogP contribution in [0.25, 0.3) is 0 Å². The Bertz CT molecular complexity index is 922. The maximum Gasteiger partial charge on any atom is 0.195 e. The average Bonchev–Trinajstić information content (AvgIpc) is 3.42. The third-order valence-corrected chi connectivity index (χ3v) is 6.82. The van der Waals surface area contributed by atoms with Crippen LogP contribution < -0.4 is 16.4 Å². The number of thioether (sulfide) groups is 1. The van der Waals surface area contributed by atoms with Gasteiger partial charge in [-0.15, -0.1) is 0 Å². The van der Waals surface area contributed by atoms with Crippen molar-refractivity contribution in [2.75, 3.05) is 0 Å². The highest BCUT2D eigenvalue weighted by molar-refractivity contribution is 8.38. The zero-order chi connectivity index (χ0) is 30.4. The Hall–Kier alpha value is -1.74. The molecule has 0 bridgehead atoms. The van der Waals surface area contributed by atoms with E-state index in [1.54, 1.807) is 0 Å². The maximum atomic E-state index is 5.84. The van der Waals surface area contributed by atoms with E-state index in [0.29, 0.717) is 10.9 Å². The fourth-order valence-electron chi connectivity index (χ4n) is 2.95. The van der Waals surface area contributed by atoms with Crippen molar-refractivity contribution in [2.45, 2.75) is 109 Å². The second-order valence-corrected chi connectivity index (χ2v) is 9.45. The lowest BCUT2D eigenvalue weighted by molar-refractivity contribution is 0.610. The van der Waals surface area contributed by atoms with Crippen LogP contribution >= 0.6 is 48.4 Å². The Morgan fingerprint density at radius 2 is 0.952 bits per heavy atom. The van der Waals surface area contributed by atoms with Crippen molar-refractivity contribution in [3.05, 3.63) is 71.8 Å². The first-order chi connectivity index (χ1) is 18.3. The summed E-state index contributed by atoms with van der Waals surface area (Å²) in [5.41, 5.74) is 7.34. The molecule has 4 nitrogen and oxygen atoms in total. The molecule has 6 radical (unpaired) electrons. The van der Waals surface area contributed by atoms with Gasteiger partial charge in [0.1, 0.15) is 21.2 Å². The van der Waals surface area contributed by atoms with E-state index in [4.69, 9.17) is 42.4 Å². The first-order valence-corrected chi connectivity index (χ1v) is 15.6. The first kappa shape index (κ1) is 56.1. The highest BCUT2D eigenvalue weighted by atomic mass is 32.2. The van der Waals surface area contributed by atoms with Crippen molar-refractivity contribution < 1.29 is 0 Å². The summed E-state index contributed by atoms with van der Waals surface area (Å²) in [6.07, 6.45) is 0. The lowest BCUT2D eigenvalue weighted by Crippen LogP contribution is -2.46. The standard InChI is InChI=1S/C10H11N3S.C10H9NS3.5C2H6.2CH4.2B/c1-10(7-5-3-2-4-6-7)8(11)12-9(14)13-10;1-10(7-5-3-2-4-6-7)8(12)14-9(13)11-10;5*1-2;;;;/h2-6H,1H3,(H3,11,12,13,14);2-6H,1H3,(H,11,13);5*1-2H3;2*1H4;;. The Morgan fingerprint density at radius 3 is 1.21 bits per heavy atom. The van der Waals surface area contributed by atoms with Crippen LogP contribution in [0.1, 0.15) is 109 Å². The van der Waals surface area contributed by atoms with Crippen molar-refractivity contribution in [1.82, 2.24) is 10.6 Å². The van der Waals surface area contributed by atoms with Crippen molar-refractivity contribution in [2.24, 2.45) is 10.7 Å². The predicted octanol–water partition coefficient (Wildman–Crippen LogP) is 9.64. The highest BCUT2D eigenvalue weighted by Crippen LogP contribution is 2.35. The van der Waals surface area contributed by atoms with Crippen LogP contribution in [0.15, 0.2) is 65.7 Å². The molecule has 2 atom stereocenters. The van der Waals surface area contributed by atoms with Gasteiger partial charge in [0.05, 0.1) is 4.20 Å². The van der Waals surface area contributed by atoms with Gasteiger partial charge in [-0.25, -0.2) is 4.99 Å². The SMILES string of the molecule is C.C.CC.CC.CC.CC.CC.CC1(c2ccccc2)NC(=S)N=C1N.CC1(c2ccccc2)NC(=S)SC1=S.[B].[B]. The molecule has 4 rings (SSSR count). The fourth-order valence-corrected chi connectivity index (χ4v) is 5.08. The minimum Gasteiger partial charge on any atom is -0.385 e. The molecule has 2 unspecified atom stereocenters. The smallest absolute Gasteiger partial charge is 0.195 e. The molecule has 1 fully saturated rings. The van der Waals surface area contributed by atoms with Crippen molar-refractivity contribution in [1.29, 1.82) is 0 Å². The van der Waals surface area contributed by atoms with Crippen LogP contribution in [0.3, 0.4) is 0 Å². The quantitative estimate of drug-likeness (QED) is 0.221. The summed E-state index contributed by atoms with van der Waals surface area (Å²) in [5.74, 6) is 0.522. The van der Waals surface area contributed by atoms with Gasteiger partial charge in [-0.3, -0.25) is 0 Å². The molecule has 0 aromatic heterocycles. The minimum atomic E-state index is -0.446. The lowest BCUT2D eigenvalue weighted by atomic mass is 9.92. The molecule has 236 valence electrons. The molecular formula is C32H58B2N4S4. The number of amidine groups is 1. The molecule has 0 aliphatic carbocycles. The van der Waals surface area contributed by atoms with Crippen molar-refractivity contribution in [3.8, 4) is 0 Å². The van der Waals surface area contributed by atoms with Crippen molar-refractivity contribution in [3.63, 3.8) is 0 Å². The summed E-state index contributed by atoms with van der Waals surface area (Å²) in [6, 6.07) is 20.1. The van der Waals surface area contributed by atoms with E-state index >= 15 is 0 Å². The number of rotatable bonds is 2. The Labute approximate surface area is 285 Å². The third-order valence-electron chi connectivity index (χ3n) is 4.74. The van der Waals surface area contributed by atoms with Crippen LogP contribution in [0.5, 0.6) is 0 Å². The number of nitrogens with two attached hydrogens (primary N) is 1. The highest BCUT2D eigenvalue weighted by Gasteiger charge is 2.39. The zero-order valence-electron chi connectivity index (χ0n) is 26.6. The lowest BCUT2D eigenvalue weighted by Gasteiger charge is -2.24. The summed E-state index contributed by atoms with van der Waals surface area (Å²) < 4.78 is 1.66. The summed E-state index contributed by atoms with van der Waals surface area (Å²) >= 11 is 16.9. The van der Waals surface area contributed by atoms with Gasteiger partial charge < -0.3 is 16.4 Å². The largest absolute Gasteiger partial charge is 0.385 e. The third kappa shape index (κ3) is 16.8. The van der Waals surface area contributed by atoms with Crippen LogP contribution in [0.2, 0.25) is 0 Å². The van der Waals surface area contributed by atoms with Gasteiger partial charge in [-0.05, 0) is 37.2 Å². The topological polar surface area (TPSA) is 62.4 Å². The number of nitrogens with one attached hydrogen (secondary N) is 2. The van der Waals surface area contributed by atoms with Crippen LogP contribution in [0, 0.1) is 0 Å². The summed E-state index contributed by atoms with van der Waals surface area (Å²) in [5, 5.41) is 6.80. The zero-order valence-corrected chi connectivity index (χ0v) is 29.9. The molecule has 4 N–H and O–H groups in total. The van der Waals surface area contributed by atoms with E-state index in [1.165, 1.54) is 11.8 Å². The van der Waals surface area contributed by atoms with Crippen LogP contribution in [0.4, 0.5) is 0 Å². The van der Waals surface area contributed by atoms with E-state index in [1.807, 2.05) is 125 Å². The summed E-state index contributed by atoms with van der Waals surface area (Å²) in [6.45, 7) is 24.0. The summed E-state index contributed by atoms with van der Waals surface area (Å²) in [4.78, 5) is 4.03. The normalized spacial score (nSPS) is 18.1. The molecule has 10 heteroatoms. The predicted molar refractivity (Wildman–Crippen MR) is 213 cm³/mol. The monoisotopic (exact) mass is 648 g/mol. The van der Waals surface area contributed by atoms with Gasteiger partial charge in [0.15, 0.2) is 5.11 Å². The number of nitrogens with zero attached hydrogens (tertiary/aromatic N) is 1. The number of aliphatic imine (C=N–C) groups is 1. The second kappa shape index (κ2) is 32.2. The van der Waals surface area contributed by atoms with Gasteiger partial charge in [-0.1, -0.05) is 181 Å². The van der Waals surface area contributed by atoms with E-state index in [0.717, 1.165) is 19.6 Å². The molecule has 2 heterocycles. The molecule has 2 aromatic rings. The number of thiocarbonyl (C=S) groups is 3. The van der Waals surface area contributed by atoms with Crippen LogP contribution in [-0.2, 0) is 11.1 Å². The van der Waals surface area contributed by atoms with E-state index in [2.05, 4.69) is 34.7 Å². The van der Waals surface area contributed by atoms with Gasteiger partial charge >= 0.3 is 0 Å². The number of benzene rings is 2. The molecule has 0 amide bonds. The molecule has 2 aliphatic heterocycles. The van der Waals surface area contributed by atoms with Crippen LogP contribution in [-0.4, -0.2) is 36.3 Å². The molecule has 2 aliphatic rings. The Balaban J connectivity index is -0.0000000837. The minimum absolute atomic E-state index is 0. The van der Waals surface area contributed by atoms with Gasteiger partial charge in [0.2, 0.25) is 0 Å². The first-order valence-electron chi connectivity index (χ1n) is 13.6. The molecule has 0 saturated carbocycles. The summed E-state index contributed by atoms with van der Waals surface area (Å²) in [7, 11) is 0. The number of hydrogen-bond donors (Lipinski definition) is 3. The number of hydrogen-bond acceptors (Lipinski definition) is 5. The Morgan fingerprint density at radius 1 is 0.619 bits per heavy atom. The van der Waals surface area contributed by atoms with Crippen molar-refractivity contribution >= 4 is 84.7 Å². The van der Waals surface area contributed by atoms with E-state index in [-0.39, 0.29) is 37.2 Å². The van der Waals surface area contributed by atoms with Gasteiger partial charge in [-0.2, -0.15) is 0 Å². The fraction of sp³-hybridized carbons (Fsp3) is 0.500. The molecule has 1 saturated heterocycles.